The summed E-state index contributed by atoms with van der Waals surface area (Å²) >= 11 is 0. The summed E-state index contributed by atoms with van der Waals surface area (Å²) < 4.78 is 7.57. The van der Waals surface area contributed by atoms with Gasteiger partial charge in [0.05, 0.1) is 23.8 Å². The molecule has 0 unspecified atom stereocenters. The van der Waals surface area contributed by atoms with Gasteiger partial charge in [0.1, 0.15) is 23.8 Å². The first-order valence-electron chi connectivity index (χ1n) is 12.1. The van der Waals surface area contributed by atoms with Crippen LogP contribution in [-0.4, -0.2) is 75.6 Å². The molecule has 0 bridgehead atoms. The molecule has 5 rings (SSSR count). The minimum absolute atomic E-state index is 0.0199. The Labute approximate surface area is 208 Å². The van der Waals surface area contributed by atoms with Crippen LogP contribution in [0.4, 0.5) is 5.82 Å². The fourth-order valence-electron chi connectivity index (χ4n) is 4.59. The average Bonchev–Trinajstić information content (AvgIpc) is 3.32. The van der Waals surface area contributed by atoms with Crippen LogP contribution >= 0.6 is 0 Å². The zero-order chi connectivity index (χ0) is 25.1. The number of piperidine rings is 1. The lowest BCUT2D eigenvalue weighted by molar-refractivity contribution is -0.137. The largest absolute Gasteiger partial charge is 0.370 e. The lowest BCUT2D eigenvalue weighted by atomic mass is 10.0. The predicted molar refractivity (Wildman–Crippen MR) is 137 cm³/mol. The van der Waals surface area contributed by atoms with Gasteiger partial charge in [-0.15, -0.1) is 0 Å². The summed E-state index contributed by atoms with van der Waals surface area (Å²) in [6.45, 7) is 2.52. The minimum atomic E-state index is -0.564. The van der Waals surface area contributed by atoms with Crippen LogP contribution in [0.25, 0.3) is 22.1 Å². The van der Waals surface area contributed by atoms with Gasteiger partial charge in [-0.1, -0.05) is 12.1 Å². The number of rotatable bonds is 8. The number of hydrogen-bond donors (Lipinski definition) is 1. The van der Waals surface area contributed by atoms with E-state index in [4.69, 9.17) is 15.5 Å². The maximum absolute atomic E-state index is 12.7. The molecule has 0 radical (unpaired) electrons. The second kappa shape index (κ2) is 10.3. The first-order chi connectivity index (χ1) is 17.5. The molecule has 36 heavy (non-hydrogen) atoms. The number of likely N-dealkylation sites (N-methyl/N-ethyl adjacent to an activating group) is 1. The summed E-state index contributed by atoms with van der Waals surface area (Å²) in [5, 5.41) is 0.914. The zero-order valence-electron chi connectivity index (χ0n) is 20.2. The minimum Gasteiger partial charge on any atom is -0.370 e. The number of carbonyl (C=O) groups is 2. The van der Waals surface area contributed by atoms with Crippen molar-refractivity contribution in [2.24, 2.45) is 5.73 Å². The number of amides is 2. The van der Waals surface area contributed by atoms with Crippen molar-refractivity contribution < 1.29 is 14.3 Å². The van der Waals surface area contributed by atoms with E-state index >= 15 is 0 Å². The molecule has 4 aromatic rings. The van der Waals surface area contributed by atoms with E-state index in [2.05, 4.69) is 14.9 Å². The number of nitrogens with zero attached hydrogens (tertiary/aromatic N) is 6. The van der Waals surface area contributed by atoms with Crippen molar-refractivity contribution in [1.82, 2.24) is 24.4 Å². The summed E-state index contributed by atoms with van der Waals surface area (Å²) in [6, 6.07) is 13.4. The van der Waals surface area contributed by atoms with E-state index in [0.29, 0.717) is 18.8 Å². The summed E-state index contributed by atoms with van der Waals surface area (Å²) in [5.41, 5.74) is 8.00. The van der Waals surface area contributed by atoms with Crippen LogP contribution in [-0.2, 0) is 16.1 Å². The molecule has 1 saturated heterocycles. The summed E-state index contributed by atoms with van der Waals surface area (Å²) in [4.78, 5) is 41.8. The van der Waals surface area contributed by atoms with Crippen molar-refractivity contribution in [2.75, 3.05) is 38.3 Å². The standard InChI is InChI=1S/C26H29N7O3/c1-31(19-9-12-32(13-10-19)23-16-28-20-4-2-3-5-21(20)29-23)24(34)17-36-15-14-33-11-8-18-6-7-22(25(27)35)30-26(18)33/h2-8,11,16,19H,9-10,12-15,17H2,1H3,(H2,27,35). The number of fused-ring (bicyclic) bond motifs is 2. The molecule has 2 N–H and O–H groups in total. The van der Waals surface area contributed by atoms with E-state index in [1.54, 1.807) is 11.0 Å². The number of para-hydroxylation sites is 2. The molecule has 0 saturated carbocycles. The van der Waals surface area contributed by atoms with Gasteiger partial charge in [0.15, 0.2) is 0 Å². The fraction of sp³-hybridized carbons (Fsp3) is 0.346. The molecule has 10 heteroatoms. The van der Waals surface area contributed by atoms with Gasteiger partial charge < -0.3 is 24.8 Å². The van der Waals surface area contributed by atoms with Crippen LogP contribution in [0.15, 0.2) is 54.9 Å². The van der Waals surface area contributed by atoms with E-state index in [-0.39, 0.29) is 24.2 Å². The Balaban J connectivity index is 1.09. The molecular weight excluding hydrogens is 458 g/mol. The second-order valence-electron chi connectivity index (χ2n) is 8.98. The molecule has 2 amide bonds. The Morgan fingerprint density at radius 1 is 1.08 bits per heavy atom. The molecule has 1 aromatic carbocycles. The number of ether oxygens (including phenoxy) is 1. The Bertz CT molecular complexity index is 1390. The average molecular weight is 488 g/mol. The quantitative estimate of drug-likeness (QED) is 0.379. The zero-order valence-corrected chi connectivity index (χ0v) is 20.2. The number of anilines is 1. The molecule has 4 heterocycles. The maximum atomic E-state index is 12.7. The highest BCUT2D eigenvalue weighted by atomic mass is 16.5. The third kappa shape index (κ3) is 4.99. The lowest BCUT2D eigenvalue weighted by Gasteiger charge is -2.37. The van der Waals surface area contributed by atoms with Gasteiger partial charge in [-0.25, -0.2) is 9.97 Å². The van der Waals surface area contributed by atoms with Gasteiger partial charge in [0, 0.05) is 44.3 Å². The molecule has 1 aliphatic heterocycles. The van der Waals surface area contributed by atoms with Gasteiger partial charge in [0.25, 0.3) is 5.91 Å². The van der Waals surface area contributed by atoms with E-state index < -0.39 is 5.91 Å². The van der Waals surface area contributed by atoms with E-state index in [0.717, 1.165) is 48.2 Å². The molecule has 186 valence electrons. The van der Waals surface area contributed by atoms with Gasteiger partial charge in [-0.2, -0.15) is 0 Å². The third-order valence-electron chi connectivity index (χ3n) is 6.73. The van der Waals surface area contributed by atoms with Gasteiger partial charge >= 0.3 is 0 Å². The van der Waals surface area contributed by atoms with Crippen molar-refractivity contribution >= 4 is 39.7 Å². The number of primary amides is 1. The van der Waals surface area contributed by atoms with Crippen LogP contribution in [0.5, 0.6) is 0 Å². The monoisotopic (exact) mass is 487 g/mol. The Morgan fingerprint density at radius 2 is 1.86 bits per heavy atom. The van der Waals surface area contributed by atoms with Gasteiger partial charge in [0.2, 0.25) is 5.91 Å². The first-order valence-corrected chi connectivity index (χ1v) is 12.1. The Morgan fingerprint density at radius 3 is 2.64 bits per heavy atom. The van der Waals surface area contributed by atoms with E-state index in [1.165, 1.54) is 0 Å². The first kappa shape index (κ1) is 23.7. The Hall–Kier alpha value is -4.05. The lowest BCUT2D eigenvalue weighted by Crippen LogP contribution is -2.47. The highest BCUT2D eigenvalue weighted by molar-refractivity contribution is 5.93. The number of carbonyl (C=O) groups excluding carboxylic acids is 2. The number of nitrogens with two attached hydrogens (primary N) is 1. The van der Waals surface area contributed by atoms with Gasteiger partial charge in [-0.3, -0.25) is 14.6 Å². The maximum Gasteiger partial charge on any atom is 0.267 e. The number of hydrogen-bond acceptors (Lipinski definition) is 7. The summed E-state index contributed by atoms with van der Waals surface area (Å²) in [7, 11) is 1.84. The smallest absolute Gasteiger partial charge is 0.267 e. The van der Waals surface area contributed by atoms with Gasteiger partial charge in [-0.05, 0) is 43.2 Å². The molecular formula is C26H29N7O3. The molecule has 1 aliphatic rings. The molecule has 10 nitrogen and oxygen atoms in total. The normalized spacial score (nSPS) is 14.4. The number of pyridine rings is 1. The van der Waals surface area contributed by atoms with Crippen molar-refractivity contribution in [3.63, 3.8) is 0 Å². The predicted octanol–water partition coefficient (Wildman–Crippen LogP) is 2.22. The van der Waals surface area contributed by atoms with E-state index in [9.17, 15) is 9.59 Å². The summed E-state index contributed by atoms with van der Waals surface area (Å²) in [6.07, 6.45) is 5.43. The molecule has 0 atom stereocenters. The molecule has 0 spiro atoms. The molecule has 1 fully saturated rings. The van der Waals surface area contributed by atoms with Crippen LogP contribution in [0.3, 0.4) is 0 Å². The summed E-state index contributed by atoms with van der Waals surface area (Å²) in [5.74, 6) is 0.274. The van der Waals surface area contributed by atoms with E-state index in [1.807, 2.05) is 60.4 Å². The number of benzene rings is 1. The third-order valence-corrected chi connectivity index (χ3v) is 6.73. The fourth-order valence-corrected chi connectivity index (χ4v) is 4.59. The van der Waals surface area contributed by atoms with Crippen molar-refractivity contribution in [1.29, 1.82) is 0 Å². The van der Waals surface area contributed by atoms with Crippen LogP contribution in [0.2, 0.25) is 0 Å². The Kier molecular flexibility index (Phi) is 6.77. The van der Waals surface area contributed by atoms with Crippen molar-refractivity contribution in [2.45, 2.75) is 25.4 Å². The van der Waals surface area contributed by atoms with Crippen molar-refractivity contribution in [3.05, 3.63) is 60.6 Å². The van der Waals surface area contributed by atoms with Crippen molar-refractivity contribution in [3.8, 4) is 0 Å². The molecule has 0 aliphatic carbocycles. The highest BCUT2D eigenvalue weighted by Gasteiger charge is 2.26. The second-order valence-corrected chi connectivity index (χ2v) is 8.98. The molecule has 3 aromatic heterocycles. The van der Waals surface area contributed by atoms with Crippen LogP contribution < -0.4 is 10.6 Å². The topological polar surface area (TPSA) is 119 Å². The highest BCUT2D eigenvalue weighted by Crippen LogP contribution is 2.22. The SMILES string of the molecule is CN(C(=O)COCCn1ccc2ccc(C(N)=O)nc21)C1CCN(c2cnc3ccccc3n2)CC1. The number of aromatic nitrogens is 4. The van der Waals surface area contributed by atoms with Crippen LogP contribution in [0.1, 0.15) is 23.3 Å². The van der Waals surface area contributed by atoms with Crippen LogP contribution in [0, 0.1) is 0 Å².